The van der Waals surface area contributed by atoms with E-state index in [9.17, 15) is 14.4 Å². The molecule has 0 saturated heterocycles. The molecule has 2 aromatic rings. The third-order valence-electron chi connectivity index (χ3n) is 4.07. The molecule has 1 aromatic carbocycles. The number of hydrogen-bond acceptors (Lipinski definition) is 8. The van der Waals surface area contributed by atoms with Crippen LogP contribution in [0.3, 0.4) is 0 Å². The molecule has 1 N–H and O–H groups in total. The van der Waals surface area contributed by atoms with Gasteiger partial charge in [-0.1, -0.05) is 0 Å². The maximum atomic E-state index is 12.8. The van der Waals surface area contributed by atoms with Gasteiger partial charge in [0.05, 0.1) is 12.2 Å². The number of nitrogens with one attached hydrogen (secondary N) is 1. The Morgan fingerprint density at radius 2 is 1.83 bits per heavy atom. The van der Waals surface area contributed by atoms with Crippen molar-refractivity contribution >= 4 is 34.2 Å². The number of fused-ring (bicyclic) bond motifs is 1. The second kappa shape index (κ2) is 8.35. The summed E-state index contributed by atoms with van der Waals surface area (Å²) in [4.78, 5) is 38.2. The van der Waals surface area contributed by atoms with Crippen LogP contribution >= 0.6 is 11.3 Å². The quantitative estimate of drug-likeness (QED) is 0.706. The van der Waals surface area contributed by atoms with Crippen molar-refractivity contribution in [3.05, 3.63) is 39.8 Å². The van der Waals surface area contributed by atoms with Crippen molar-refractivity contribution in [1.82, 2.24) is 0 Å². The molecule has 0 saturated carbocycles. The number of amides is 1. The third kappa shape index (κ3) is 4.56. The van der Waals surface area contributed by atoms with Crippen LogP contribution in [0.2, 0.25) is 0 Å². The summed E-state index contributed by atoms with van der Waals surface area (Å²) in [6, 6.07) is 4.77. The monoisotopic (exact) mass is 433 g/mol. The van der Waals surface area contributed by atoms with Crippen molar-refractivity contribution in [3.8, 4) is 11.5 Å². The van der Waals surface area contributed by atoms with Crippen LogP contribution in [0.1, 0.15) is 63.6 Å². The fourth-order valence-corrected chi connectivity index (χ4v) is 3.85. The second-order valence-corrected chi connectivity index (χ2v) is 8.53. The third-order valence-corrected chi connectivity index (χ3v) is 5.26. The van der Waals surface area contributed by atoms with Crippen molar-refractivity contribution in [3.63, 3.8) is 0 Å². The first-order chi connectivity index (χ1) is 14.1. The average Bonchev–Trinajstić information content (AvgIpc) is 3.24. The van der Waals surface area contributed by atoms with Gasteiger partial charge in [0.25, 0.3) is 5.91 Å². The molecule has 0 unspecified atom stereocenters. The summed E-state index contributed by atoms with van der Waals surface area (Å²) >= 11 is 0.974. The van der Waals surface area contributed by atoms with E-state index in [1.165, 1.54) is 0 Å². The minimum absolute atomic E-state index is 0.0940. The highest BCUT2D eigenvalue weighted by atomic mass is 32.1. The summed E-state index contributed by atoms with van der Waals surface area (Å²) in [6.07, 6.45) is 0. The van der Waals surface area contributed by atoms with Crippen molar-refractivity contribution in [2.24, 2.45) is 0 Å². The largest absolute Gasteiger partial charge is 0.462 e. The average molecular weight is 433 g/mol. The molecular weight excluding hydrogens is 410 g/mol. The zero-order chi connectivity index (χ0) is 22.1. The Morgan fingerprint density at radius 1 is 1.13 bits per heavy atom. The van der Waals surface area contributed by atoms with Gasteiger partial charge in [-0.25, -0.2) is 9.59 Å². The molecule has 30 heavy (non-hydrogen) atoms. The summed E-state index contributed by atoms with van der Waals surface area (Å²) < 4.78 is 21.1. The molecular formula is C21H23NO7S. The van der Waals surface area contributed by atoms with Gasteiger partial charge >= 0.3 is 11.9 Å². The first-order valence-corrected chi connectivity index (χ1v) is 10.2. The van der Waals surface area contributed by atoms with E-state index in [4.69, 9.17) is 18.9 Å². The van der Waals surface area contributed by atoms with E-state index in [1.807, 2.05) is 0 Å². The van der Waals surface area contributed by atoms with E-state index in [2.05, 4.69) is 5.32 Å². The molecule has 1 aromatic heterocycles. The first-order valence-electron chi connectivity index (χ1n) is 9.35. The van der Waals surface area contributed by atoms with Crippen molar-refractivity contribution in [2.75, 3.05) is 18.7 Å². The standard InChI is InChI=1S/C21H23NO7S/c1-6-26-19(24)15-11(2)16(20(25)29-21(3,4)5)30-18(15)22-17(23)12-7-8-13-14(9-12)28-10-27-13/h7-9H,6,10H2,1-5H3,(H,22,23). The van der Waals surface area contributed by atoms with Gasteiger partial charge in [-0.2, -0.15) is 0 Å². The van der Waals surface area contributed by atoms with Crippen molar-refractivity contribution in [1.29, 1.82) is 0 Å². The van der Waals surface area contributed by atoms with E-state index < -0.39 is 23.4 Å². The van der Waals surface area contributed by atoms with Gasteiger partial charge in [-0.3, -0.25) is 4.79 Å². The van der Waals surface area contributed by atoms with Crippen LogP contribution in [0.5, 0.6) is 11.5 Å². The predicted molar refractivity (Wildman–Crippen MR) is 111 cm³/mol. The first kappa shape index (κ1) is 21.6. The lowest BCUT2D eigenvalue weighted by molar-refractivity contribution is 0.00744. The van der Waals surface area contributed by atoms with Gasteiger partial charge in [0.15, 0.2) is 11.5 Å². The topological polar surface area (TPSA) is 100 Å². The molecule has 2 heterocycles. The molecule has 9 heteroatoms. The number of hydrogen-bond donors (Lipinski definition) is 1. The van der Waals surface area contributed by atoms with E-state index >= 15 is 0 Å². The summed E-state index contributed by atoms with van der Waals surface area (Å²) in [7, 11) is 0. The Hall–Kier alpha value is -3.07. The lowest BCUT2D eigenvalue weighted by Crippen LogP contribution is -2.23. The van der Waals surface area contributed by atoms with Gasteiger partial charge in [0.2, 0.25) is 6.79 Å². The van der Waals surface area contributed by atoms with Gasteiger partial charge in [-0.05, 0) is 58.4 Å². The van der Waals surface area contributed by atoms with Gasteiger partial charge < -0.3 is 24.3 Å². The summed E-state index contributed by atoms with van der Waals surface area (Å²) in [6.45, 7) is 8.81. The predicted octanol–water partition coefficient (Wildman–Crippen LogP) is 4.17. The maximum Gasteiger partial charge on any atom is 0.349 e. The molecule has 0 atom stereocenters. The Bertz CT molecular complexity index is 1000. The number of carbonyl (C=O) groups excluding carboxylic acids is 3. The van der Waals surface area contributed by atoms with Crippen LogP contribution in [0.4, 0.5) is 5.00 Å². The number of ether oxygens (including phenoxy) is 4. The Morgan fingerprint density at radius 3 is 2.50 bits per heavy atom. The van der Waals surface area contributed by atoms with Crippen molar-refractivity contribution in [2.45, 2.75) is 40.2 Å². The fraction of sp³-hybridized carbons (Fsp3) is 0.381. The Balaban J connectivity index is 1.94. The lowest BCUT2D eigenvalue weighted by atomic mass is 10.1. The molecule has 0 fully saturated rings. The maximum absolute atomic E-state index is 12.8. The van der Waals surface area contributed by atoms with Gasteiger partial charge in [0.1, 0.15) is 15.5 Å². The van der Waals surface area contributed by atoms with Crippen LogP contribution in [-0.4, -0.2) is 36.8 Å². The molecule has 0 bridgehead atoms. The molecule has 0 aliphatic carbocycles. The van der Waals surface area contributed by atoms with E-state index in [1.54, 1.807) is 52.8 Å². The number of rotatable bonds is 5. The molecule has 1 aliphatic heterocycles. The van der Waals surface area contributed by atoms with E-state index in [0.717, 1.165) is 11.3 Å². The number of esters is 2. The zero-order valence-corrected chi connectivity index (χ0v) is 18.2. The van der Waals surface area contributed by atoms with Crippen LogP contribution < -0.4 is 14.8 Å². The molecule has 1 aliphatic rings. The number of thiophene rings is 1. The number of anilines is 1. The fourth-order valence-electron chi connectivity index (χ4n) is 2.78. The second-order valence-electron chi connectivity index (χ2n) is 7.50. The molecule has 8 nitrogen and oxygen atoms in total. The number of carbonyl (C=O) groups is 3. The Kier molecular flexibility index (Phi) is 6.02. The molecule has 0 spiro atoms. The minimum Gasteiger partial charge on any atom is -0.462 e. The van der Waals surface area contributed by atoms with Gasteiger partial charge in [0, 0.05) is 5.56 Å². The zero-order valence-electron chi connectivity index (χ0n) is 17.4. The molecule has 3 rings (SSSR count). The minimum atomic E-state index is -0.701. The summed E-state index contributed by atoms with van der Waals surface area (Å²) in [5.74, 6) is -0.639. The highest BCUT2D eigenvalue weighted by molar-refractivity contribution is 7.18. The Labute approximate surface area is 178 Å². The molecule has 1 amide bonds. The van der Waals surface area contributed by atoms with Crippen LogP contribution in [-0.2, 0) is 9.47 Å². The summed E-state index contributed by atoms with van der Waals surface area (Å²) in [5, 5.41) is 2.93. The molecule has 0 radical (unpaired) electrons. The highest BCUT2D eigenvalue weighted by Crippen LogP contribution is 2.36. The lowest BCUT2D eigenvalue weighted by Gasteiger charge is -2.19. The number of benzene rings is 1. The smallest absolute Gasteiger partial charge is 0.349 e. The van der Waals surface area contributed by atoms with E-state index in [0.29, 0.717) is 22.6 Å². The normalized spacial score (nSPS) is 12.4. The summed E-state index contributed by atoms with van der Waals surface area (Å²) in [5.41, 5.74) is 0.150. The van der Waals surface area contributed by atoms with Crippen LogP contribution in [0.15, 0.2) is 18.2 Å². The van der Waals surface area contributed by atoms with Gasteiger partial charge in [-0.15, -0.1) is 11.3 Å². The van der Waals surface area contributed by atoms with Crippen molar-refractivity contribution < 1.29 is 33.3 Å². The van der Waals surface area contributed by atoms with E-state index in [-0.39, 0.29) is 28.8 Å². The highest BCUT2D eigenvalue weighted by Gasteiger charge is 2.29. The van der Waals surface area contributed by atoms with Crippen LogP contribution in [0.25, 0.3) is 0 Å². The molecule has 160 valence electrons. The SMILES string of the molecule is CCOC(=O)c1c(NC(=O)c2ccc3c(c2)OCO3)sc(C(=O)OC(C)(C)C)c1C. The van der Waals surface area contributed by atoms with Crippen LogP contribution in [0, 0.1) is 6.92 Å².